The fourth-order valence-corrected chi connectivity index (χ4v) is 3.69. The number of sulfone groups is 1. The van der Waals surface area contributed by atoms with Crippen molar-refractivity contribution in [2.24, 2.45) is 5.41 Å². The monoisotopic (exact) mass is 291 g/mol. The van der Waals surface area contributed by atoms with Gasteiger partial charge in [0.25, 0.3) is 0 Å². The summed E-state index contributed by atoms with van der Waals surface area (Å²) in [5.41, 5.74) is 0.200. The maximum absolute atomic E-state index is 12.2. The molecule has 0 aliphatic heterocycles. The second-order valence-electron chi connectivity index (χ2n) is 6.70. The molecule has 1 rings (SSSR count). The molecule has 1 fully saturated rings. The van der Waals surface area contributed by atoms with Crippen molar-refractivity contribution < 1.29 is 13.2 Å². The Kier molecular flexibility index (Phi) is 5.83. The topological polar surface area (TPSA) is 55.4 Å². The van der Waals surface area contributed by atoms with Gasteiger partial charge in [-0.1, -0.05) is 6.42 Å². The quantitative estimate of drug-likeness (QED) is 0.695. The van der Waals surface area contributed by atoms with E-state index in [1.807, 2.05) is 0 Å². The Morgan fingerprint density at radius 1 is 1.26 bits per heavy atom. The van der Waals surface area contributed by atoms with Crippen LogP contribution >= 0.6 is 0 Å². The van der Waals surface area contributed by atoms with Crippen LogP contribution in [0.4, 0.5) is 0 Å². The highest BCUT2D eigenvalue weighted by molar-refractivity contribution is 7.92. The van der Waals surface area contributed by atoms with Gasteiger partial charge in [-0.15, -0.1) is 0 Å². The van der Waals surface area contributed by atoms with E-state index in [2.05, 4.69) is 5.32 Å². The van der Waals surface area contributed by atoms with Gasteiger partial charge in [0.1, 0.15) is 0 Å². The Morgan fingerprint density at radius 3 is 2.32 bits per heavy atom. The molecule has 1 saturated carbocycles. The van der Waals surface area contributed by atoms with Crippen LogP contribution in [0.1, 0.15) is 46.5 Å². The lowest BCUT2D eigenvalue weighted by Gasteiger charge is -2.42. The third-order valence-corrected chi connectivity index (χ3v) is 6.84. The molecule has 19 heavy (non-hydrogen) atoms. The van der Waals surface area contributed by atoms with Crippen molar-refractivity contribution in [1.82, 2.24) is 5.32 Å². The standard InChI is InChI=1S/C14H29NO3S/c1-13(2,3)19(16,17)11-8-14(6-5-7-14)12-15-9-10-18-4/h15H,5-12H2,1-4H3. The molecule has 0 bridgehead atoms. The maximum Gasteiger partial charge on any atom is 0.155 e. The SMILES string of the molecule is COCCNCC1(CCS(=O)(=O)C(C)(C)C)CCC1. The van der Waals surface area contributed by atoms with Crippen LogP contribution in [0.3, 0.4) is 0 Å². The van der Waals surface area contributed by atoms with E-state index in [1.165, 1.54) is 6.42 Å². The molecule has 1 aliphatic carbocycles. The van der Waals surface area contributed by atoms with Gasteiger partial charge in [0, 0.05) is 20.2 Å². The summed E-state index contributed by atoms with van der Waals surface area (Å²) in [4.78, 5) is 0. The van der Waals surface area contributed by atoms with Gasteiger partial charge in [-0.3, -0.25) is 0 Å². The zero-order chi connectivity index (χ0) is 14.6. The third kappa shape index (κ3) is 4.72. The number of ether oxygens (including phenoxy) is 1. The van der Waals surface area contributed by atoms with Crippen molar-refractivity contribution in [1.29, 1.82) is 0 Å². The first kappa shape index (κ1) is 16.9. The minimum Gasteiger partial charge on any atom is -0.383 e. The van der Waals surface area contributed by atoms with Gasteiger partial charge < -0.3 is 10.1 Å². The van der Waals surface area contributed by atoms with Crippen LogP contribution < -0.4 is 5.32 Å². The van der Waals surface area contributed by atoms with Gasteiger partial charge in [-0.25, -0.2) is 8.42 Å². The van der Waals surface area contributed by atoms with Crippen molar-refractivity contribution in [2.75, 3.05) is 32.6 Å². The van der Waals surface area contributed by atoms with Gasteiger partial charge >= 0.3 is 0 Å². The minimum atomic E-state index is -2.99. The van der Waals surface area contributed by atoms with Gasteiger partial charge in [0.2, 0.25) is 0 Å². The average molecular weight is 291 g/mol. The highest BCUT2D eigenvalue weighted by Crippen LogP contribution is 2.44. The van der Waals surface area contributed by atoms with Crippen LogP contribution in [0.5, 0.6) is 0 Å². The van der Waals surface area contributed by atoms with Crippen molar-refractivity contribution in [2.45, 2.75) is 51.2 Å². The molecule has 0 atom stereocenters. The van der Waals surface area contributed by atoms with Crippen molar-refractivity contribution in [3.63, 3.8) is 0 Å². The largest absolute Gasteiger partial charge is 0.383 e. The summed E-state index contributed by atoms with van der Waals surface area (Å²) >= 11 is 0. The number of hydrogen-bond acceptors (Lipinski definition) is 4. The normalized spacial score (nSPS) is 19.2. The molecule has 0 spiro atoms. The summed E-state index contributed by atoms with van der Waals surface area (Å²) in [6.07, 6.45) is 4.30. The molecule has 4 nitrogen and oxygen atoms in total. The van der Waals surface area contributed by atoms with E-state index in [0.717, 1.165) is 32.4 Å². The Bertz CT molecular complexity index is 367. The Balaban J connectivity index is 2.44. The van der Waals surface area contributed by atoms with Crippen LogP contribution in [-0.2, 0) is 14.6 Å². The number of rotatable bonds is 8. The first-order valence-electron chi connectivity index (χ1n) is 7.14. The molecule has 0 aromatic rings. The van der Waals surface area contributed by atoms with E-state index in [-0.39, 0.29) is 5.41 Å². The Hall–Kier alpha value is -0.130. The predicted molar refractivity (Wildman–Crippen MR) is 79.2 cm³/mol. The fraction of sp³-hybridized carbons (Fsp3) is 1.00. The van der Waals surface area contributed by atoms with Crippen LogP contribution in [0.15, 0.2) is 0 Å². The number of hydrogen-bond donors (Lipinski definition) is 1. The second kappa shape index (κ2) is 6.55. The van der Waals surface area contributed by atoms with E-state index >= 15 is 0 Å². The van der Waals surface area contributed by atoms with Crippen molar-refractivity contribution in [3.05, 3.63) is 0 Å². The molecule has 1 N–H and O–H groups in total. The second-order valence-corrected chi connectivity index (χ2v) is 9.57. The highest BCUT2D eigenvalue weighted by Gasteiger charge is 2.39. The fourth-order valence-electron chi connectivity index (χ4n) is 2.38. The van der Waals surface area contributed by atoms with Crippen LogP contribution in [-0.4, -0.2) is 45.7 Å². The van der Waals surface area contributed by atoms with E-state index in [0.29, 0.717) is 12.4 Å². The van der Waals surface area contributed by atoms with Crippen LogP contribution in [0.2, 0.25) is 0 Å². The third-order valence-electron chi connectivity index (χ3n) is 4.23. The van der Waals surface area contributed by atoms with Gasteiger partial charge in [0.15, 0.2) is 9.84 Å². The minimum absolute atomic E-state index is 0.200. The van der Waals surface area contributed by atoms with E-state index in [4.69, 9.17) is 4.74 Å². The Morgan fingerprint density at radius 2 is 1.89 bits per heavy atom. The molecule has 0 saturated heterocycles. The average Bonchev–Trinajstić information content (AvgIpc) is 2.24. The van der Waals surface area contributed by atoms with Gasteiger partial charge in [-0.2, -0.15) is 0 Å². The summed E-state index contributed by atoms with van der Waals surface area (Å²) in [5, 5.41) is 3.38. The Labute approximate surface area is 118 Å². The molecule has 1 aliphatic rings. The van der Waals surface area contributed by atoms with Crippen molar-refractivity contribution in [3.8, 4) is 0 Å². The summed E-state index contributed by atoms with van der Waals surface area (Å²) in [6.45, 7) is 7.81. The molecular weight excluding hydrogens is 262 g/mol. The van der Waals surface area contributed by atoms with Crippen LogP contribution in [0.25, 0.3) is 0 Å². The molecule has 0 heterocycles. The summed E-state index contributed by atoms with van der Waals surface area (Å²) in [5.74, 6) is 0.308. The molecular formula is C14H29NO3S. The van der Waals surface area contributed by atoms with Gasteiger partial charge in [-0.05, 0) is 45.4 Å². The number of methoxy groups -OCH3 is 1. The molecule has 5 heteroatoms. The molecule has 0 aromatic heterocycles. The lowest BCUT2D eigenvalue weighted by atomic mass is 9.67. The molecule has 0 aromatic carbocycles. The first-order valence-corrected chi connectivity index (χ1v) is 8.80. The molecule has 0 unspecified atom stereocenters. The zero-order valence-corrected chi connectivity index (χ0v) is 13.6. The van der Waals surface area contributed by atoms with Crippen LogP contribution in [0, 0.1) is 5.41 Å². The smallest absolute Gasteiger partial charge is 0.155 e. The number of nitrogens with one attached hydrogen (secondary N) is 1. The van der Waals surface area contributed by atoms with E-state index in [9.17, 15) is 8.42 Å². The first-order chi connectivity index (χ1) is 8.72. The maximum atomic E-state index is 12.2. The van der Waals surface area contributed by atoms with E-state index in [1.54, 1.807) is 27.9 Å². The lowest BCUT2D eigenvalue weighted by molar-refractivity contribution is 0.118. The van der Waals surface area contributed by atoms with E-state index < -0.39 is 14.6 Å². The lowest BCUT2D eigenvalue weighted by Crippen LogP contribution is -2.43. The summed E-state index contributed by atoms with van der Waals surface area (Å²) in [6, 6.07) is 0. The van der Waals surface area contributed by atoms with Crippen molar-refractivity contribution >= 4 is 9.84 Å². The summed E-state index contributed by atoms with van der Waals surface area (Å²) in [7, 11) is -1.30. The van der Waals surface area contributed by atoms with Gasteiger partial charge in [0.05, 0.1) is 17.1 Å². The zero-order valence-electron chi connectivity index (χ0n) is 12.8. The molecule has 0 radical (unpaired) electrons. The highest BCUT2D eigenvalue weighted by atomic mass is 32.2. The predicted octanol–water partition coefficient (Wildman–Crippen LogP) is 2.00. The summed E-state index contributed by atoms with van der Waals surface area (Å²) < 4.78 is 28.7. The molecule has 0 amide bonds. The molecule has 114 valence electrons.